The predicted molar refractivity (Wildman–Crippen MR) is 144 cm³/mol. The Morgan fingerprint density at radius 3 is 2.82 bits per heavy atom. The number of carbonyl (C=O) groups excluding carboxylic acids is 1. The van der Waals surface area contributed by atoms with E-state index >= 15 is 0 Å². The second-order valence-corrected chi connectivity index (χ2v) is 10.2. The molecule has 1 fully saturated rings. The Morgan fingerprint density at radius 2 is 1.97 bits per heavy atom. The van der Waals surface area contributed by atoms with Crippen LogP contribution in [0.4, 0.5) is 5.69 Å². The zero-order valence-electron chi connectivity index (χ0n) is 21.4. The molecule has 9 nitrogen and oxygen atoms in total. The van der Waals surface area contributed by atoms with Crippen LogP contribution >= 0.6 is 0 Å². The fraction of sp³-hybridized carbons (Fsp3) is 0.345. The van der Waals surface area contributed by atoms with E-state index in [4.69, 9.17) is 9.72 Å². The third-order valence-electron chi connectivity index (χ3n) is 7.66. The highest BCUT2D eigenvalue weighted by Gasteiger charge is 2.39. The van der Waals surface area contributed by atoms with Gasteiger partial charge in [0, 0.05) is 60.5 Å². The van der Waals surface area contributed by atoms with Gasteiger partial charge in [-0.05, 0) is 62.6 Å². The molecular formula is C29H31N7O2. The minimum atomic E-state index is -0.419. The van der Waals surface area contributed by atoms with Gasteiger partial charge in [-0.25, -0.2) is 9.97 Å². The third kappa shape index (κ3) is 4.89. The van der Waals surface area contributed by atoms with Crippen molar-refractivity contribution in [3.05, 3.63) is 84.1 Å². The number of aromatic amines is 1. The Balaban J connectivity index is 1.24. The number of pyridine rings is 2. The number of aromatic nitrogens is 5. The van der Waals surface area contributed by atoms with Crippen molar-refractivity contribution >= 4 is 11.5 Å². The molecule has 3 aromatic heterocycles. The fourth-order valence-electron chi connectivity index (χ4n) is 5.42. The van der Waals surface area contributed by atoms with Gasteiger partial charge >= 0.3 is 0 Å². The van der Waals surface area contributed by atoms with E-state index in [9.17, 15) is 4.79 Å². The number of fused-ring (bicyclic) bond motifs is 1. The maximum atomic E-state index is 13.4. The summed E-state index contributed by atoms with van der Waals surface area (Å²) in [5.74, 6) is 2.33. The van der Waals surface area contributed by atoms with Crippen molar-refractivity contribution in [3.63, 3.8) is 0 Å². The summed E-state index contributed by atoms with van der Waals surface area (Å²) < 4.78 is 5.68. The van der Waals surface area contributed by atoms with Crippen molar-refractivity contribution in [2.45, 2.75) is 37.1 Å². The number of ketones is 1. The summed E-state index contributed by atoms with van der Waals surface area (Å²) in [5, 5.41) is 11.5. The van der Waals surface area contributed by atoms with Gasteiger partial charge in [-0.1, -0.05) is 18.2 Å². The number of rotatable bonds is 7. The molecule has 2 aliphatic heterocycles. The molecule has 5 heterocycles. The molecule has 1 atom stereocenters. The van der Waals surface area contributed by atoms with Crippen LogP contribution in [0.2, 0.25) is 0 Å². The largest absolute Gasteiger partial charge is 0.477 e. The molecule has 2 N–H and O–H groups in total. The number of ether oxygens (including phenoxy) is 1. The number of anilines is 1. The van der Waals surface area contributed by atoms with Crippen molar-refractivity contribution < 1.29 is 9.53 Å². The highest BCUT2D eigenvalue weighted by atomic mass is 16.5. The van der Waals surface area contributed by atoms with E-state index in [1.165, 1.54) is 0 Å². The lowest BCUT2D eigenvalue weighted by Gasteiger charge is -2.40. The summed E-state index contributed by atoms with van der Waals surface area (Å²) in [5.41, 5.74) is 3.11. The first kappa shape index (κ1) is 24.2. The van der Waals surface area contributed by atoms with Crippen LogP contribution in [0.1, 0.15) is 53.3 Å². The molecule has 38 heavy (non-hydrogen) atoms. The average Bonchev–Trinajstić information content (AvgIpc) is 3.47. The van der Waals surface area contributed by atoms with Crippen LogP contribution in [0.25, 0.3) is 11.4 Å². The number of nitrogens with one attached hydrogen (secondary N) is 2. The molecule has 0 saturated carbocycles. The van der Waals surface area contributed by atoms with E-state index < -0.39 is 5.54 Å². The minimum Gasteiger partial charge on any atom is -0.477 e. The first-order valence-electron chi connectivity index (χ1n) is 13.1. The van der Waals surface area contributed by atoms with Crippen LogP contribution in [0, 0.1) is 0 Å². The summed E-state index contributed by atoms with van der Waals surface area (Å²) in [6.45, 7) is 2.43. The normalized spacial score (nSPS) is 18.8. The summed E-state index contributed by atoms with van der Waals surface area (Å²) in [6.07, 6.45) is 8.17. The highest BCUT2D eigenvalue weighted by molar-refractivity contribution is 5.97. The van der Waals surface area contributed by atoms with E-state index in [1.54, 1.807) is 18.6 Å². The molecule has 0 amide bonds. The number of benzene rings is 1. The van der Waals surface area contributed by atoms with Gasteiger partial charge in [0.05, 0.1) is 12.1 Å². The molecule has 0 spiro atoms. The monoisotopic (exact) mass is 509 g/mol. The smallest absolute Gasteiger partial charge is 0.216 e. The number of Topliss-reactive ketones (excluding diaryl/α,β-unsaturated/α-hetero) is 1. The first-order valence-corrected chi connectivity index (χ1v) is 13.1. The molecule has 0 aliphatic carbocycles. The van der Waals surface area contributed by atoms with Crippen LogP contribution in [0.5, 0.6) is 5.88 Å². The highest BCUT2D eigenvalue weighted by Crippen LogP contribution is 2.37. The average molecular weight is 510 g/mol. The molecule has 0 bridgehead atoms. The minimum absolute atomic E-state index is 0.109. The number of nitrogens with zero attached hydrogens (tertiary/aromatic N) is 5. The van der Waals surface area contributed by atoms with Gasteiger partial charge in [-0.15, -0.1) is 0 Å². The van der Waals surface area contributed by atoms with Gasteiger partial charge in [-0.3, -0.25) is 14.9 Å². The van der Waals surface area contributed by atoms with Crippen LogP contribution in [0.15, 0.2) is 67.1 Å². The maximum absolute atomic E-state index is 13.4. The van der Waals surface area contributed by atoms with Crippen LogP contribution in [-0.2, 0) is 5.54 Å². The third-order valence-corrected chi connectivity index (χ3v) is 7.66. The Labute approximate surface area is 221 Å². The maximum Gasteiger partial charge on any atom is 0.216 e. The van der Waals surface area contributed by atoms with E-state index in [2.05, 4.69) is 37.4 Å². The van der Waals surface area contributed by atoms with Gasteiger partial charge in [-0.2, -0.15) is 5.10 Å². The summed E-state index contributed by atoms with van der Waals surface area (Å²) in [4.78, 5) is 29.0. The second-order valence-electron chi connectivity index (χ2n) is 10.2. The molecule has 194 valence electrons. The Kier molecular flexibility index (Phi) is 6.59. The fourth-order valence-corrected chi connectivity index (χ4v) is 5.42. The number of H-pyrrole nitrogens is 1. The Morgan fingerprint density at radius 1 is 1.13 bits per heavy atom. The van der Waals surface area contributed by atoms with Gasteiger partial charge in [0.1, 0.15) is 0 Å². The quantitative estimate of drug-likeness (QED) is 0.352. The summed E-state index contributed by atoms with van der Waals surface area (Å²) in [7, 11) is 2.13. The van der Waals surface area contributed by atoms with E-state index in [1.807, 2.05) is 48.5 Å². The number of likely N-dealkylation sites (tertiary alicyclic amines) is 1. The van der Waals surface area contributed by atoms with Crippen molar-refractivity contribution in [1.29, 1.82) is 0 Å². The van der Waals surface area contributed by atoms with Crippen molar-refractivity contribution in [1.82, 2.24) is 30.0 Å². The van der Waals surface area contributed by atoms with Gasteiger partial charge < -0.3 is 15.0 Å². The number of hydrogen-bond donors (Lipinski definition) is 2. The molecule has 6 rings (SSSR count). The molecule has 2 aliphatic rings. The van der Waals surface area contributed by atoms with Crippen LogP contribution < -0.4 is 10.1 Å². The second kappa shape index (κ2) is 10.3. The van der Waals surface area contributed by atoms with Crippen molar-refractivity contribution in [3.8, 4) is 17.3 Å². The lowest BCUT2D eigenvalue weighted by Crippen LogP contribution is -2.46. The molecule has 1 aromatic carbocycles. The van der Waals surface area contributed by atoms with E-state index in [0.29, 0.717) is 30.3 Å². The lowest BCUT2D eigenvalue weighted by molar-refractivity contribution is 0.0965. The molecule has 4 aromatic rings. The molecule has 0 unspecified atom stereocenters. The summed E-state index contributed by atoms with van der Waals surface area (Å²) in [6, 6.07) is 15.6. The summed E-state index contributed by atoms with van der Waals surface area (Å²) >= 11 is 0. The van der Waals surface area contributed by atoms with Gasteiger partial charge in [0.25, 0.3) is 0 Å². The molecule has 1 saturated heterocycles. The van der Waals surface area contributed by atoms with Crippen molar-refractivity contribution in [2.24, 2.45) is 0 Å². The van der Waals surface area contributed by atoms with Crippen LogP contribution in [-0.4, -0.2) is 62.6 Å². The number of carbonyl (C=O) groups is 1. The van der Waals surface area contributed by atoms with E-state index in [0.717, 1.165) is 55.0 Å². The molecular weight excluding hydrogens is 478 g/mol. The lowest BCUT2D eigenvalue weighted by atomic mass is 9.86. The zero-order valence-corrected chi connectivity index (χ0v) is 21.4. The first-order chi connectivity index (χ1) is 18.6. The van der Waals surface area contributed by atoms with E-state index in [-0.39, 0.29) is 11.7 Å². The SMILES string of the molecule is CN1CCC(Nc2cccc(C(=O)C[C@H]3CCOc4ncccc43)c2)(c2nc(-c3ccncc3)n[nH]2)CC1. The molecule has 9 heteroatoms. The number of hydrogen-bond acceptors (Lipinski definition) is 8. The zero-order chi connectivity index (χ0) is 26.0. The van der Waals surface area contributed by atoms with Crippen molar-refractivity contribution in [2.75, 3.05) is 32.1 Å². The number of piperidine rings is 1. The van der Waals surface area contributed by atoms with Gasteiger partial charge in [0.15, 0.2) is 17.4 Å². The standard InChI is InChI=1S/C29H31N7O2/c1-36-15-10-29(11-16-36,28-32-26(34-35-28)20-7-13-30-14-8-20)33-23-5-2-4-22(18-23)25(37)19-21-9-17-38-27-24(21)6-3-12-31-27/h2-8,12-14,18,21,33H,9-11,15-17,19H2,1H3,(H,32,34,35)/t21-/m1/s1. The Bertz CT molecular complexity index is 1410. The Hall–Kier alpha value is -4.11. The van der Waals surface area contributed by atoms with Crippen LogP contribution in [0.3, 0.4) is 0 Å². The van der Waals surface area contributed by atoms with Gasteiger partial charge in [0.2, 0.25) is 5.88 Å². The molecule has 0 radical (unpaired) electrons. The predicted octanol–water partition coefficient (Wildman–Crippen LogP) is 4.43. The topological polar surface area (TPSA) is 109 Å².